The van der Waals surface area contributed by atoms with Crippen LogP contribution in [0.1, 0.15) is 34.1 Å². The van der Waals surface area contributed by atoms with Gasteiger partial charge in [-0.05, 0) is 27.2 Å². The number of carboxylic acid groups (broad SMARTS) is 1. The third kappa shape index (κ3) is 4.18. The molecule has 0 bridgehead atoms. The maximum atomic E-state index is 11.6. The first-order valence-corrected chi connectivity index (χ1v) is 5.23. The Labute approximate surface area is 90.5 Å². The summed E-state index contributed by atoms with van der Waals surface area (Å²) in [5.41, 5.74) is 0. The zero-order chi connectivity index (χ0) is 12.0. The van der Waals surface area contributed by atoms with E-state index in [-0.39, 0.29) is 12.1 Å². The Balaban J connectivity index is 4.38. The predicted octanol–water partition coefficient (Wildman–Crippen LogP) is 1.29. The molecular weight excluding hydrogens is 196 g/mol. The van der Waals surface area contributed by atoms with Gasteiger partial charge in [-0.15, -0.1) is 0 Å². The van der Waals surface area contributed by atoms with Crippen molar-refractivity contribution in [2.75, 3.05) is 6.54 Å². The van der Waals surface area contributed by atoms with E-state index in [1.54, 1.807) is 11.8 Å². The van der Waals surface area contributed by atoms with Crippen LogP contribution in [0.15, 0.2) is 0 Å². The molecule has 5 heteroatoms. The maximum Gasteiger partial charge on any atom is 0.326 e. The fourth-order valence-electron chi connectivity index (χ4n) is 1.31. The minimum Gasteiger partial charge on any atom is -0.480 e. The molecule has 0 aromatic carbocycles. The predicted molar refractivity (Wildman–Crippen MR) is 57.8 cm³/mol. The van der Waals surface area contributed by atoms with Crippen molar-refractivity contribution in [3.05, 3.63) is 0 Å². The summed E-state index contributed by atoms with van der Waals surface area (Å²) in [4.78, 5) is 23.9. The zero-order valence-corrected chi connectivity index (χ0v) is 9.78. The van der Waals surface area contributed by atoms with E-state index in [1.807, 2.05) is 20.8 Å². The van der Waals surface area contributed by atoms with Gasteiger partial charge in [-0.1, -0.05) is 6.92 Å². The van der Waals surface area contributed by atoms with Crippen molar-refractivity contribution < 1.29 is 14.7 Å². The van der Waals surface area contributed by atoms with E-state index >= 15 is 0 Å². The van der Waals surface area contributed by atoms with Gasteiger partial charge in [0.15, 0.2) is 0 Å². The molecule has 0 saturated carbocycles. The fourth-order valence-corrected chi connectivity index (χ4v) is 1.31. The average Bonchev–Trinajstić information content (AvgIpc) is 2.14. The van der Waals surface area contributed by atoms with Crippen LogP contribution in [0.4, 0.5) is 4.79 Å². The third-order valence-corrected chi connectivity index (χ3v) is 2.23. The summed E-state index contributed by atoms with van der Waals surface area (Å²) >= 11 is 0. The van der Waals surface area contributed by atoms with Crippen LogP contribution < -0.4 is 5.32 Å². The van der Waals surface area contributed by atoms with E-state index < -0.39 is 12.0 Å². The quantitative estimate of drug-likeness (QED) is 0.727. The normalized spacial score (nSPS) is 12.3. The average molecular weight is 216 g/mol. The number of nitrogens with zero attached hydrogens (tertiary/aromatic N) is 1. The van der Waals surface area contributed by atoms with Crippen LogP contribution in [0.3, 0.4) is 0 Å². The summed E-state index contributed by atoms with van der Waals surface area (Å²) in [6.07, 6.45) is 0.386. The molecule has 88 valence electrons. The number of carbonyl (C=O) groups is 2. The lowest BCUT2D eigenvalue weighted by Gasteiger charge is -2.26. The summed E-state index contributed by atoms with van der Waals surface area (Å²) in [6, 6.07) is -1.05. The van der Waals surface area contributed by atoms with Crippen LogP contribution in [0, 0.1) is 0 Å². The van der Waals surface area contributed by atoms with Crippen LogP contribution in [0.25, 0.3) is 0 Å². The molecule has 0 aromatic rings. The number of aliphatic carboxylic acids is 1. The number of hydrogen-bond donors (Lipinski definition) is 2. The molecule has 0 spiro atoms. The molecule has 0 unspecified atom stereocenters. The number of amides is 2. The minimum absolute atomic E-state index is 0.0706. The molecule has 5 nitrogen and oxygen atoms in total. The van der Waals surface area contributed by atoms with Gasteiger partial charge < -0.3 is 15.3 Å². The number of hydrogen-bond acceptors (Lipinski definition) is 2. The van der Waals surface area contributed by atoms with Crippen molar-refractivity contribution in [2.45, 2.75) is 46.2 Å². The van der Waals surface area contributed by atoms with Gasteiger partial charge in [-0.2, -0.15) is 0 Å². The Bertz CT molecular complexity index is 229. The zero-order valence-electron chi connectivity index (χ0n) is 9.78. The lowest BCUT2D eigenvalue weighted by Crippen LogP contribution is -2.49. The Kier molecular flexibility index (Phi) is 5.74. The smallest absolute Gasteiger partial charge is 0.326 e. The highest BCUT2D eigenvalue weighted by molar-refractivity contribution is 5.82. The fraction of sp³-hybridized carbons (Fsp3) is 0.800. The van der Waals surface area contributed by atoms with Crippen LogP contribution in [0.2, 0.25) is 0 Å². The van der Waals surface area contributed by atoms with E-state index in [4.69, 9.17) is 5.11 Å². The summed E-state index contributed by atoms with van der Waals surface area (Å²) in [5.74, 6) is -0.995. The number of nitrogens with one attached hydrogen (secondary N) is 1. The van der Waals surface area contributed by atoms with Crippen molar-refractivity contribution in [1.29, 1.82) is 0 Å². The summed E-state index contributed by atoms with van der Waals surface area (Å²) < 4.78 is 0. The monoisotopic (exact) mass is 216 g/mol. The van der Waals surface area contributed by atoms with Crippen LogP contribution in [-0.2, 0) is 4.79 Å². The van der Waals surface area contributed by atoms with E-state index in [0.29, 0.717) is 13.0 Å². The number of urea groups is 1. The molecule has 0 heterocycles. The Morgan fingerprint density at radius 2 is 1.87 bits per heavy atom. The van der Waals surface area contributed by atoms with E-state index in [0.717, 1.165) is 0 Å². The summed E-state index contributed by atoms with van der Waals surface area (Å²) in [7, 11) is 0. The topological polar surface area (TPSA) is 69.6 Å². The van der Waals surface area contributed by atoms with Crippen LogP contribution in [-0.4, -0.2) is 40.6 Å². The molecule has 1 atom stereocenters. The molecule has 0 aliphatic heterocycles. The minimum atomic E-state index is -0.995. The molecule has 0 rings (SSSR count). The molecule has 0 saturated heterocycles. The first-order chi connectivity index (χ1) is 6.93. The summed E-state index contributed by atoms with van der Waals surface area (Å²) in [6.45, 7) is 7.95. The first-order valence-electron chi connectivity index (χ1n) is 5.23. The number of rotatable bonds is 5. The second-order valence-electron chi connectivity index (χ2n) is 3.63. The van der Waals surface area contributed by atoms with Gasteiger partial charge in [0.05, 0.1) is 0 Å². The molecule has 15 heavy (non-hydrogen) atoms. The molecule has 2 amide bonds. The van der Waals surface area contributed by atoms with E-state index in [1.165, 1.54) is 0 Å². The van der Waals surface area contributed by atoms with Crippen LogP contribution in [0.5, 0.6) is 0 Å². The van der Waals surface area contributed by atoms with Crippen LogP contribution >= 0.6 is 0 Å². The largest absolute Gasteiger partial charge is 0.480 e. The van der Waals surface area contributed by atoms with Crippen molar-refractivity contribution in [3.63, 3.8) is 0 Å². The standard InChI is InChI=1S/C10H20N2O3/c1-5-8(9(13)14)11-10(15)12(6-2)7(3)4/h7-8H,5-6H2,1-4H3,(H,11,15)(H,13,14)/t8-/m1/s1. The van der Waals surface area contributed by atoms with Crippen molar-refractivity contribution in [3.8, 4) is 0 Å². The van der Waals surface area contributed by atoms with E-state index in [9.17, 15) is 9.59 Å². The van der Waals surface area contributed by atoms with Crippen molar-refractivity contribution in [1.82, 2.24) is 10.2 Å². The molecule has 2 N–H and O–H groups in total. The molecule has 0 aliphatic carbocycles. The molecule has 0 fully saturated rings. The number of carboxylic acids is 1. The lowest BCUT2D eigenvalue weighted by atomic mass is 10.2. The lowest BCUT2D eigenvalue weighted by molar-refractivity contribution is -0.139. The van der Waals surface area contributed by atoms with Gasteiger partial charge in [-0.25, -0.2) is 9.59 Å². The second-order valence-corrected chi connectivity index (χ2v) is 3.63. The van der Waals surface area contributed by atoms with E-state index in [2.05, 4.69) is 5.32 Å². The third-order valence-electron chi connectivity index (χ3n) is 2.23. The molecule has 0 aliphatic rings. The van der Waals surface area contributed by atoms with Gasteiger partial charge in [0.25, 0.3) is 0 Å². The van der Waals surface area contributed by atoms with Crippen molar-refractivity contribution >= 4 is 12.0 Å². The van der Waals surface area contributed by atoms with Gasteiger partial charge in [0, 0.05) is 12.6 Å². The highest BCUT2D eigenvalue weighted by Crippen LogP contribution is 2.00. The van der Waals surface area contributed by atoms with Gasteiger partial charge in [0.1, 0.15) is 6.04 Å². The highest BCUT2D eigenvalue weighted by Gasteiger charge is 2.21. The van der Waals surface area contributed by atoms with Gasteiger partial charge in [0.2, 0.25) is 0 Å². The first kappa shape index (κ1) is 13.7. The Morgan fingerprint density at radius 1 is 1.33 bits per heavy atom. The number of carbonyl (C=O) groups excluding carboxylic acids is 1. The SMILES string of the molecule is CC[C@@H](NC(=O)N(CC)C(C)C)C(=O)O. The van der Waals surface area contributed by atoms with Gasteiger partial charge >= 0.3 is 12.0 Å². The Hall–Kier alpha value is -1.26. The van der Waals surface area contributed by atoms with Crippen molar-refractivity contribution in [2.24, 2.45) is 0 Å². The second kappa shape index (κ2) is 6.27. The highest BCUT2D eigenvalue weighted by atomic mass is 16.4. The molecule has 0 aromatic heterocycles. The molecular formula is C10H20N2O3. The Morgan fingerprint density at radius 3 is 2.13 bits per heavy atom. The van der Waals surface area contributed by atoms with Gasteiger partial charge in [-0.3, -0.25) is 0 Å². The molecule has 0 radical (unpaired) electrons. The summed E-state index contributed by atoms with van der Waals surface area (Å²) in [5, 5.41) is 11.3. The maximum absolute atomic E-state index is 11.6.